The van der Waals surface area contributed by atoms with Gasteiger partial charge in [-0.1, -0.05) is 19.9 Å². The Morgan fingerprint density at radius 3 is 2.60 bits per heavy atom. The molecule has 0 heterocycles. The van der Waals surface area contributed by atoms with E-state index in [-0.39, 0.29) is 11.9 Å². The first-order valence-corrected chi connectivity index (χ1v) is 8.69. The molecule has 0 aliphatic heterocycles. The summed E-state index contributed by atoms with van der Waals surface area (Å²) in [6, 6.07) is 5.82. The van der Waals surface area contributed by atoms with Gasteiger partial charge in [-0.15, -0.1) is 0 Å². The summed E-state index contributed by atoms with van der Waals surface area (Å²) in [5.74, 6) is 0.931. The average molecular weight is 298 g/mol. The van der Waals surface area contributed by atoms with E-state index < -0.39 is 0 Å². The van der Waals surface area contributed by atoms with Gasteiger partial charge in [0.25, 0.3) is 0 Å². The molecule has 0 aromatic heterocycles. The minimum absolute atomic E-state index is 0.0189. The maximum absolute atomic E-state index is 14.3. The fraction of sp³-hybridized carbons (Fsp3) is 0.625. The van der Waals surface area contributed by atoms with Gasteiger partial charge in [0.05, 0.1) is 0 Å². The number of thioether (sulfide) groups is 1. The van der Waals surface area contributed by atoms with Crippen LogP contribution in [0.2, 0.25) is 0 Å². The highest BCUT2D eigenvalue weighted by Gasteiger charge is 2.21. The zero-order valence-corrected chi connectivity index (χ0v) is 14.1. The van der Waals surface area contributed by atoms with Crippen molar-refractivity contribution in [3.63, 3.8) is 0 Å². The van der Waals surface area contributed by atoms with Gasteiger partial charge in [-0.2, -0.15) is 11.8 Å². The minimum atomic E-state index is -0.123. The van der Waals surface area contributed by atoms with Crippen LogP contribution in [-0.2, 0) is 0 Å². The number of hydrogen-bond acceptors (Lipinski definition) is 3. The Kier molecular flexibility index (Phi) is 7.38. The maximum atomic E-state index is 14.3. The molecule has 2 atom stereocenters. The molecular weight excluding hydrogens is 271 g/mol. The van der Waals surface area contributed by atoms with E-state index in [1.54, 1.807) is 12.1 Å². The molecule has 4 heteroatoms. The Bertz CT molecular complexity index is 411. The third-order valence-electron chi connectivity index (χ3n) is 3.73. The first kappa shape index (κ1) is 17.3. The van der Waals surface area contributed by atoms with Gasteiger partial charge in [0.1, 0.15) is 5.82 Å². The van der Waals surface area contributed by atoms with Crippen molar-refractivity contribution in [3.8, 4) is 0 Å². The van der Waals surface area contributed by atoms with Gasteiger partial charge in [0.15, 0.2) is 0 Å². The molecule has 0 saturated carbocycles. The Morgan fingerprint density at radius 2 is 2.05 bits per heavy atom. The number of rotatable bonds is 8. The van der Waals surface area contributed by atoms with E-state index in [4.69, 9.17) is 0 Å². The van der Waals surface area contributed by atoms with Crippen LogP contribution in [0.3, 0.4) is 0 Å². The van der Waals surface area contributed by atoms with E-state index in [0.717, 1.165) is 30.0 Å². The topological polar surface area (TPSA) is 15.3 Å². The molecule has 0 aliphatic carbocycles. The molecule has 20 heavy (non-hydrogen) atoms. The molecule has 1 aromatic carbocycles. The Hall–Kier alpha value is -0.740. The van der Waals surface area contributed by atoms with Gasteiger partial charge in [-0.25, -0.2) is 4.39 Å². The van der Waals surface area contributed by atoms with Crippen LogP contribution in [0.5, 0.6) is 0 Å². The van der Waals surface area contributed by atoms with Gasteiger partial charge in [-0.3, -0.25) is 0 Å². The quantitative estimate of drug-likeness (QED) is 0.778. The summed E-state index contributed by atoms with van der Waals surface area (Å²) in [5, 5.41) is 3.31. The lowest BCUT2D eigenvalue weighted by atomic mass is 10.0. The molecule has 2 unspecified atom stereocenters. The number of nitrogens with zero attached hydrogens (tertiary/aromatic N) is 1. The van der Waals surface area contributed by atoms with Crippen LogP contribution in [0.1, 0.15) is 38.8 Å². The van der Waals surface area contributed by atoms with Gasteiger partial charge < -0.3 is 10.2 Å². The Morgan fingerprint density at radius 1 is 1.35 bits per heavy atom. The molecule has 1 N–H and O–H groups in total. The molecule has 0 bridgehead atoms. The number of halogens is 1. The summed E-state index contributed by atoms with van der Waals surface area (Å²) in [4.78, 5) is 2.22. The van der Waals surface area contributed by atoms with E-state index >= 15 is 0 Å². The van der Waals surface area contributed by atoms with Gasteiger partial charge >= 0.3 is 0 Å². The zero-order chi connectivity index (χ0) is 15.1. The van der Waals surface area contributed by atoms with Crippen LogP contribution >= 0.6 is 11.8 Å². The summed E-state index contributed by atoms with van der Waals surface area (Å²) >= 11 is 1.83. The number of hydrogen-bond donors (Lipinski definition) is 1. The van der Waals surface area contributed by atoms with Crippen LogP contribution in [0.4, 0.5) is 10.1 Å². The smallest absolute Gasteiger partial charge is 0.130 e. The zero-order valence-electron chi connectivity index (χ0n) is 13.2. The van der Waals surface area contributed by atoms with Crippen molar-refractivity contribution in [2.75, 3.05) is 30.5 Å². The van der Waals surface area contributed by atoms with Gasteiger partial charge in [0.2, 0.25) is 0 Å². The second-order valence-electron chi connectivity index (χ2n) is 5.08. The summed E-state index contributed by atoms with van der Waals surface area (Å²) < 4.78 is 14.3. The summed E-state index contributed by atoms with van der Waals surface area (Å²) in [6.45, 7) is 7.09. The summed E-state index contributed by atoms with van der Waals surface area (Å²) in [6.07, 6.45) is 3.17. The van der Waals surface area contributed by atoms with Crippen LogP contribution in [-0.4, -0.2) is 31.6 Å². The summed E-state index contributed by atoms with van der Waals surface area (Å²) in [7, 11) is 2.07. The van der Waals surface area contributed by atoms with Crippen molar-refractivity contribution in [1.29, 1.82) is 0 Å². The van der Waals surface area contributed by atoms with Crippen LogP contribution in [0.25, 0.3) is 0 Å². The molecule has 114 valence electrons. The first-order chi connectivity index (χ1) is 9.56. The maximum Gasteiger partial charge on any atom is 0.130 e. The number of nitrogens with one attached hydrogen (secondary N) is 1. The van der Waals surface area contributed by atoms with Crippen LogP contribution < -0.4 is 10.2 Å². The molecule has 0 amide bonds. The van der Waals surface area contributed by atoms with Gasteiger partial charge in [-0.05, 0) is 38.3 Å². The average Bonchev–Trinajstić information content (AvgIpc) is 2.43. The molecule has 2 nitrogen and oxygen atoms in total. The van der Waals surface area contributed by atoms with E-state index in [1.165, 1.54) is 0 Å². The van der Waals surface area contributed by atoms with Gasteiger partial charge in [0, 0.05) is 36.1 Å². The van der Waals surface area contributed by atoms with Crippen molar-refractivity contribution in [1.82, 2.24) is 5.32 Å². The molecule has 1 aromatic rings. The fourth-order valence-electron chi connectivity index (χ4n) is 2.56. The highest BCUT2D eigenvalue weighted by Crippen LogP contribution is 2.30. The number of anilines is 1. The lowest BCUT2D eigenvalue weighted by Gasteiger charge is -2.32. The number of benzene rings is 1. The largest absolute Gasteiger partial charge is 0.370 e. The van der Waals surface area contributed by atoms with E-state index in [9.17, 15) is 4.39 Å². The monoisotopic (exact) mass is 298 g/mol. The Labute approximate surface area is 127 Å². The SMILES string of the molecule is CCNC(C)c1c(F)cccc1N(C)C(CC)CSC. The van der Waals surface area contributed by atoms with Crippen LogP contribution in [0, 0.1) is 5.82 Å². The minimum Gasteiger partial charge on any atom is -0.370 e. The predicted molar refractivity (Wildman–Crippen MR) is 89.4 cm³/mol. The third kappa shape index (κ3) is 4.13. The Balaban J connectivity index is 3.12. The van der Waals surface area contributed by atoms with Crippen LogP contribution in [0.15, 0.2) is 18.2 Å². The molecule has 0 spiro atoms. The van der Waals surface area contributed by atoms with Crippen molar-refractivity contribution in [2.45, 2.75) is 39.3 Å². The first-order valence-electron chi connectivity index (χ1n) is 7.30. The molecule has 0 aliphatic rings. The van der Waals surface area contributed by atoms with Crippen molar-refractivity contribution < 1.29 is 4.39 Å². The van der Waals surface area contributed by atoms with E-state index in [0.29, 0.717) is 6.04 Å². The third-order valence-corrected chi connectivity index (χ3v) is 4.45. The fourth-order valence-corrected chi connectivity index (χ4v) is 3.41. The van der Waals surface area contributed by atoms with Crippen molar-refractivity contribution >= 4 is 17.4 Å². The highest BCUT2D eigenvalue weighted by molar-refractivity contribution is 7.98. The summed E-state index contributed by atoms with van der Waals surface area (Å²) in [5.41, 5.74) is 1.77. The van der Waals surface area contributed by atoms with E-state index in [2.05, 4.69) is 30.4 Å². The lowest BCUT2D eigenvalue weighted by molar-refractivity contribution is 0.537. The predicted octanol–water partition coefficient (Wildman–Crippen LogP) is 4.07. The normalized spacial score (nSPS) is 14.1. The standard InChI is InChI=1S/C16H27FN2S/c1-6-13(11-20-5)19(4)15-10-8-9-14(17)16(15)12(3)18-7-2/h8-10,12-13,18H,6-7,11H2,1-5H3. The van der Waals surface area contributed by atoms with Crippen molar-refractivity contribution in [3.05, 3.63) is 29.6 Å². The molecule has 0 radical (unpaired) electrons. The molecule has 0 fully saturated rings. The highest BCUT2D eigenvalue weighted by atomic mass is 32.2. The molecule has 0 saturated heterocycles. The van der Waals surface area contributed by atoms with Crippen molar-refractivity contribution in [2.24, 2.45) is 0 Å². The second-order valence-corrected chi connectivity index (χ2v) is 5.99. The van der Waals surface area contributed by atoms with E-state index in [1.807, 2.05) is 31.7 Å². The molecular formula is C16H27FN2S. The second kappa shape index (κ2) is 8.53. The molecule has 1 rings (SSSR count). The lowest BCUT2D eigenvalue weighted by Crippen LogP contribution is -2.35.